The molecule has 2 aromatic rings. The highest BCUT2D eigenvalue weighted by Crippen LogP contribution is 2.16. The molecule has 2 heterocycles. The number of amides is 3. The average molecular weight is 491 g/mol. The minimum absolute atomic E-state index is 0.0921. The van der Waals surface area contributed by atoms with E-state index in [4.69, 9.17) is 4.74 Å². The van der Waals surface area contributed by atoms with Crippen LogP contribution in [-0.4, -0.2) is 47.6 Å². The van der Waals surface area contributed by atoms with Gasteiger partial charge in [-0.3, -0.25) is 19.7 Å². The molecule has 176 valence electrons. The summed E-state index contributed by atoms with van der Waals surface area (Å²) >= 11 is 2.80. The molecule has 1 aliphatic rings. The minimum Gasteiger partial charge on any atom is -0.462 e. The lowest BCUT2D eigenvalue weighted by atomic mass is 10.1. The van der Waals surface area contributed by atoms with Crippen LogP contribution in [0.5, 0.6) is 0 Å². The number of hydrogen-bond donors (Lipinski definition) is 4. The van der Waals surface area contributed by atoms with Crippen LogP contribution in [0, 0.1) is 0 Å². The monoisotopic (exact) mass is 490 g/mol. The Morgan fingerprint density at radius 2 is 1.97 bits per heavy atom. The van der Waals surface area contributed by atoms with E-state index < -0.39 is 11.5 Å². The van der Waals surface area contributed by atoms with E-state index in [-0.39, 0.29) is 42.4 Å². The number of ether oxygens (including phenoxy) is 1. The highest BCUT2D eigenvalue weighted by Gasteiger charge is 2.28. The zero-order valence-corrected chi connectivity index (χ0v) is 19.7. The molecule has 1 aliphatic heterocycles. The Morgan fingerprint density at radius 3 is 2.67 bits per heavy atom. The summed E-state index contributed by atoms with van der Waals surface area (Å²) in [5, 5.41) is 13.5. The van der Waals surface area contributed by atoms with E-state index in [1.807, 2.05) is 17.5 Å². The van der Waals surface area contributed by atoms with Crippen LogP contribution in [0.15, 0.2) is 41.8 Å². The third-order valence-corrected chi connectivity index (χ3v) is 6.54. The standard InChI is InChI=1S/C22H26N4O5S2/c1-2-31-21(30)14-5-7-15(8-6-14)24-20(29)13-33-22-25-16(11-19(28)26-22)10-18(27)23-12-17-4-3-9-32-17/h3-9,16,22,25H,2,10-13H2,1H3,(H,23,27)(H,24,29)(H,26,28). The Kier molecular flexibility index (Phi) is 9.28. The van der Waals surface area contributed by atoms with Gasteiger partial charge in [-0.15, -0.1) is 23.1 Å². The van der Waals surface area contributed by atoms with Crippen LogP contribution in [0.1, 0.15) is 35.0 Å². The molecular weight excluding hydrogens is 464 g/mol. The van der Waals surface area contributed by atoms with Crippen LogP contribution in [0.25, 0.3) is 0 Å². The van der Waals surface area contributed by atoms with Gasteiger partial charge >= 0.3 is 5.97 Å². The third kappa shape index (κ3) is 8.19. The number of esters is 1. The molecule has 1 saturated heterocycles. The number of nitrogens with one attached hydrogen (secondary N) is 4. The Morgan fingerprint density at radius 1 is 1.18 bits per heavy atom. The van der Waals surface area contributed by atoms with Gasteiger partial charge < -0.3 is 20.7 Å². The highest BCUT2D eigenvalue weighted by molar-refractivity contribution is 8.00. The second-order valence-electron chi connectivity index (χ2n) is 7.23. The van der Waals surface area contributed by atoms with Crippen molar-refractivity contribution in [3.05, 3.63) is 52.2 Å². The summed E-state index contributed by atoms with van der Waals surface area (Å²) in [6, 6.07) is 9.98. The van der Waals surface area contributed by atoms with Crippen molar-refractivity contribution in [3.8, 4) is 0 Å². The molecule has 2 atom stereocenters. The van der Waals surface area contributed by atoms with Crippen molar-refractivity contribution in [1.82, 2.24) is 16.0 Å². The number of carbonyl (C=O) groups is 4. The number of benzene rings is 1. The van der Waals surface area contributed by atoms with Crippen molar-refractivity contribution in [1.29, 1.82) is 0 Å². The molecule has 11 heteroatoms. The molecule has 0 bridgehead atoms. The summed E-state index contributed by atoms with van der Waals surface area (Å²) in [5.41, 5.74) is 0.483. The predicted molar refractivity (Wildman–Crippen MR) is 128 cm³/mol. The van der Waals surface area contributed by atoms with E-state index in [1.165, 1.54) is 11.8 Å². The maximum Gasteiger partial charge on any atom is 0.338 e. The fourth-order valence-corrected chi connectivity index (χ4v) is 4.66. The Bertz CT molecular complexity index is 966. The van der Waals surface area contributed by atoms with Crippen LogP contribution in [0.2, 0.25) is 0 Å². The molecule has 2 unspecified atom stereocenters. The quantitative estimate of drug-likeness (QED) is 0.376. The molecule has 33 heavy (non-hydrogen) atoms. The number of anilines is 1. The molecule has 0 aliphatic carbocycles. The second kappa shape index (κ2) is 12.4. The molecule has 3 amide bonds. The maximum atomic E-state index is 12.3. The SMILES string of the molecule is CCOC(=O)c1ccc(NC(=O)CSC2NC(=O)CC(CC(=O)NCc3cccs3)N2)cc1. The van der Waals surface area contributed by atoms with Gasteiger partial charge in [-0.25, -0.2) is 4.79 Å². The molecule has 1 aromatic carbocycles. The van der Waals surface area contributed by atoms with Gasteiger partial charge in [0.15, 0.2) is 0 Å². The van der Waals surface area contributed by atoms with E-state index in [0.717, 1.165) is 4.88 Å². The smallest absolute Gasteiger partial charge is 0.338 e. The van der Waals surface area contributed by atoms with Crippen LogP contribution in [0.4, 0.5) is 5.69 Å². The maximum absolute atomic E-state index is 12.3. The van der Waals surface area contributed by atoms with Gasteiger partial charge in [0.05, 0.1) is 24.5 Å². The average Bonchev–Trinajstić information content (AvgIpc) is 3.30. The Labute approximate surface area is 200 Å². The fraction of sp³-hybridized carbons (Fsp3) is 0.364. The van der Waals surface area contributed by atoms with Crippen molar-refractivity contribution in [2.45, 2.75) is 37.8 Å². The molecule has 0 spiro atoms. The van der Waals surface area contributed by atoms with Crippen LogP contribution in [0.3, 0.4) is 0 Å². The zero-order chi connectivity index (χ0) is 23.6. The van der Waals surface area contributed by atoms with E-state index in [2.05, 4.69) is 21.3 Å². The molecular formula is C22H26N4O5S2. The number of hydrogen-bond acceptors (Lipinski definition) is 8. The van der Waals surface area contributed by atoms with Crippen LogP contribution >= 0.6 is 23.1 Å². The summed E-state index contributed by atoms with van der Waals surface area (Å²) in [6.07, 6.45) is 0.372. The van der Waals surface area contributed by atoms with E-state index in [9.17, 15) is 19.2 Å². The summed E-state index contributed by atoms with van der Waals surface area (Å²) < 4.78 is 4.93. The summed E-state index contributed by atoms with van der Waals surface area (Å²) in [4.78, 5) is 49.3. The van der Waals surface area contributed by atoms with Crippen molar-refractivity contribution in [2.24, 2.45) is 0 Å². The Balaban J connectivity index is 1.41. The molecule has 4 N–H and O–H groups in total. The lowest BCUT2D eigenvalue weighted by Crippen LogP contribution is -2.56. The van der Waals surface area contributed by atoms with E-state index >= 15 is 0 Å². The lowest BCUT2D eigenvalue weighted by molar-refractivity contribution is -0.125. The van der Waals surface area contributed by atoms with Gasteiger partial charge in [0, 0.05) is 29.4 Å². The summed E-state index contributed by atoms with van der Waals surface area (Å²) in [5.74, 6) is -0.884. The van der Waals surface area contributed by atoms with Gasteiger partial charge in [0.25, 0.3) is 0 Å². The first-order valence-electron chi connectivity index (χ1n) is 10.5. The Hall–Kier alpha value is -2.89. The normalized spacial score (nSPS) is 17.7. The van der Waals surface area contributed by atoms with E-state index in [1.54, 1.807) is 42.5 Å². The number of thiophene rings is 1. The predicted octanol–water partition coefficient (Wildman–Crippen LogP) is 2.06. The molecule has 1 fully saturated rings. The minimum atomic E-state index is -0.474. The van der Waals surface area contributed by atoms with Crippen molar-refractivity contribution in [2.75, 3.05) is 17.7 Å². The largest absolute Gasteiger partial charge is 0.462 e. The van der Waals surface area contributed by atoms with Crippen molar-refractivity contribution < 1.29 is 23.9 Å². The highest BCUT2D eigenvalue weighted by atomic mass is 32.2. The molecule has 3 rings (SSSR count). The number of rotatable bonds is 10. The van der Waals surface area contributed by atoms with Crippen LogP contribution in [-0.2, 0) is 25.7 Å². The van der Waals surface area contributed by atoms with Gasteiger partial charge in [-0.1, -0.05) is 6.07 Å². The summed E-state index contributed by atoms with van der Waals surface area (Å²) in [6.45, 7) is 2.49. The van der Waals surface area contributed by atoms with Gasteiger partial charge in [0.2, 0.25) is 17.7 Å². The van der Waals surface area contributed by atoms with Crippen molar-refractivity contribution >= 4 is 52.5 Å². The first-order valence-corrected chi connectivity index (χ1v) is 12.4. The number of thioether (sulfide) groups is 1. The molecule has 9 nitrogen and oxygen atoms in total. The van der Waals surface area contributed by atoms with Gasteiger partial charge in [-0.2, -0.15) is 0 Å². The van der Waals surface area contributed by atoms with Crippen molar-refractivity contribution in [3.63, 3.8) is 0 Å². The third-order valence-electron chi connectivity index (χ3n) is 4.64. The topological polar surface area (TPSA) is 126 Å². The second-order valence-corrected chi connectivity index (χ2v) is 9.36. The van der Waals surface area contributed by atoms with Gasteiger partial charge in [0.1, 0.15) is 5.50 Å². The fourth-order valence-electron chi connectivity index (χ4n) is 3.12. The molecule has 0 saturated carbocycles. The molecule has 0 radical (unpaired) electrons. The first-order chi connectivity index (χ1) is 15.9. The van der Waals surface area contributed by atoms with Gasteiger partial charge in [-0.05, 0) is 42.6 Å². The zero-order valence-electron chi connectivity index (χ0n) is 18.1. The first kappa shape index (κ1) is 24.7. The molecule has 1 aromatic heterocycles. The number of carbonyl (C=O) groups excluding carboxylic acids is 4. The van der Waals surface area contributed by atoms with Crippen LogP contribution < -0.4 is 21.3 Å². The lowest BCUT2D eigenvalue weighted by Gasteiger charge is -2.30. The van der Waals surface area contributed by atoms with E-state index in [0.29, 0.717) is 24.4 Å². The summed E-state index contributed by atoms with van der Waals surface area (Å²) in [7, 11) is 0.